The Morgan fingerprint density at radius 3 is 2.41 bits per heavy atom. The lowest BCUT2D eigenvalue weighted by Gasteiger charge is -2.40. The highest BCUT2D eigenvalue weighted by Crippen LogP contribution is 2.72. The molecule has 0 radical (unpaired) electrons. The predicted octanol–water partition coefficient (Wildman–Crippen LogP) is 3.73. The molecule has 0 aliphatic carbocycles. The summed E-state index contributed by atoms with van der Waals surface area (Å²) in [4.78, 5) is 48.0. The molecule has 1 aromatic carbocycles. The van der Waals surface area contributed by atoms with E-state index in [-0.39, 0.29) is 30.2 Å². The fourth-order valence-corrected chi connectivity index (χ4v) is 9.45. The van der Waals surface area contributed by atoms with Crippen molar-refractivity contribution in [1.29, 1.82) is 0 Å². The molecule has 212 valence electrons. The smallest absolute Gasteiger partial charge is 0.247 e. The van der Waals surface area contributed by atoms with E-state index in [4.69, 9.17) is 0 Å². The second-order valence-electron chi connectivity index (χ2n) is 11.9. The van der Waals surface area contributed by atoms with Gasteiger partial charge in [0.25, 0.3) is 0 Å². The summed E-state index contributed by atoms with van der Waals surface area (Å²) >= 11 is 1.67. The Labute approximate surface area is 237 Å². The number of amides is 3. The van der Waals surface area contributed by atoms with Crippen LogP contribution in [0.1, 0.15) is 45.6 Å². The van der Waals surface area contributed by atoms with Crippen LogP contribution in [0.2, 0.25) is 0 Å². The Morgan fingerprint density at radius 2 is 1.82 bits per heavy atom. The van der Waals surface area contributed by atoms with Crippen molar-refractivity contribution in [3.05, 3.63) is 61.2 Å². The number of aliphatic hydroxyl groups excluding tert-OH is 1. The highest BCUT2D eigenvalue weighted by molar-refractivity contribution is 8.02. The van der Waals surface area contributed by atoms with Crippen LogP contribution in [-0.4, -0.2) is 85.8 Å². The molecule has 1 aromatic rings. The molecular weight excluding hydrogens is 510 g/mol. The third kappa shape index (κ3) is 5.06. The van der Waals surface area contributed by atoms with E-state index >= 15 is 0 Å². The van der Waals surface area contributed by atoms with Crippen LogP contribution in [0.25, 0.3) is 0 Å². The van der Waals surface area contributed by atoms with Crippen molar-refractivity contribution in [1.82, 2.24) is 14.7 Å². The third-order valence-electron chi connectivity index (χ3n) is 8.72. The number of carbonyl (C=O) groups excluding carboxylic acids is 3. The summed E-state index contributed by atoms with van der Waals surface area (Å²) in [7, 11) is 1.75. The second kappa shape index (κ2) is 11.5. The number of likely N-dealkylation sites (tertiary alicyclic amines) is 1. The lowest BCUT2D eigenvalue weighted by Crippen LogP contribution is -2.57. The minimum absolute atomic E-state index is 0.0745. The van der Waals surface area contributed by atoms with Crippen LogP contribution in [0.5, 0.6) is 0 Å². The summed E-state index contributed by atoms with van der Waals surface area (Å²) in [5, 5.41) is 10.5. The molecular formula is C31H43N3O4S. The summed E-state index contributed by atoms with van der Waals surface area (Å²) in [6.07, 6.45) is 5.41. The molecule has 3 amide bonds. The number of fused-ring (bicyclic) bond motifs is 1. The first-order valence-corrected chi connectivity index (χ1v) is 14.8. The van der Waals surface area contributed by atoms with E-state index in [0.29, 0.717) is 32.5 Å². The van der Waals surface area contributed by atoms with Gasteiger partial charge in [0.1, 0.15) is 6.04 Å². The number of hydrogen-bond acceptors (Lipinski definition) is 5. The first-order chi connectivity index (χ1) is 18.5. The maximum Gasteiger partial charge on any atom is 0.247 e. The fourth-order valence-electron chi connectivity index (χ4n) is 7.12. The van der Waals surface area contributed by atoms with Gasteiger partial charge in [-0.15, -0.1) is 24.9 Å². The SMILES string of the molecule is C=CCN(C)C(=O)[C@H]1[C@H]2C(=O)N([C@@H](CO)CC(C)C)C(C(=O)N(CC=C)Cc3ccccc3)C23CC[C@]1(C)S3. The molecule has 8 heteroatoms. The molecule has 3 heterocycles. The molecule has 3 aliphatic rings. The van der Waals surface area contributed by atoms with E-state index in [9.17, 15) is 19.5 Å². The molecule has 4 rings (SSSR count). The van der Waals surface area contributed by atoms with E-state index < -0.39 is 33.4 Å². The quantitative estimate of drug-likeness (QED) is 0.399. The Kier molecular flexibility index (Phi) is 8.67. The van der Waals surface area contributed by atoms with Crippen molar-refractivity contribution in [2.45, 2.75) is 68.2 Å². The van der Waals surface area contributed by atoms with E-state index in [1.54, 1.807) is 45.7 Å². The Hall–Kier alpha value is -2.58. The highest BCUT2D eigenvalue weighted by Gasteiger charge is 2.78. The van der Waals surface area contributed by atoms with Gasteiger partial charge in [0, 0.05) is 31.4 Å². The van der Waals surface area contributed by atoms with Gasteiger partial charge in [-0.05, 0) is 37.7 Å². The van der Waals surface area contributed by atoms with Crippen LogP contribution in [-0.2, 0) is 20.9 Å². The van der Waals surface area contributed by atoms with E-state index in [2.05, 4.69) is 33.9 Å². The van der Waals surface area contributed by atoms with Crippen LogP contribution >= 0.6 is 11.8 Å². The summed E-state index contributed by atoms with van der Waals surface area (Å²) in [5.74, 6) is -1.31. The number of nitrogens with zero attached hydrogens (tertiary/aromatic N) is 3. The normalized spacial score (nSPS) is 29.8. The maximum atomic E-state index is 14.6. The summed E-state index contributed by atoms with van der Waals surface area (Å²) in [6.45, 7) is 14.8. The van der Waals surface area contributed by atoms with Gasteiger partial charge < -0.3 is 19.8 Å². The molecule has 6 atom stereocenters. The fraction of sp³-hybridized carbons (Fsp3) is 0.581. The van der Waals surface area contributed by atoms with Gasteiger partial charge in [0.15, 0.2) is 0 Å². The van der Waals surface area contributed by atoms with E-state index in [1.807, 2.05) is 30.3 Å². The highest BCUT2D eigenvalue weighted by atomic mass is 32.2. The zero-order valence-electron chi connectivity index (χ0n) is 23.7. The van der Waals surface area contributed by atoms with Gasteiger partial charge >= 0.3 is 0 Å². The number of aliphatic hydroxyl groups is 1. The molecule has 0 aromatic heterocycles. The largest absolute Gasteiger partial charge is 0.394 e. The number of thioether (sulfide) groups is 1. The second-order valence-corrected chi connectivity index (χ2v) is 13.8. The number of benzene rings is 1. The molecule has 39 heavy (non-hydrogen) atoms. The molecule has 2 unspecified atom stereocenters. The van der Waals surface area contributed by atoms with Crippen LogP contribution in [0, 0.1) is 17.8 Å². The van der Waals surface area contributed by atoms with Gasteiger partial charge in [-0.3, -0.25) is 14.4 Å². The Balaban J connectivity index is 1.81. The van der Waals surface area contributed by atoms with Crippen LogP contribution < -0.4 is 0 Å². The molecule has 3 aliphatic heterocycles. The molecule has 0 saturated carbocycles. The third-order valence-corrected chi connectivity index (χ3v) is 10.7. The van der Waals surface area contributed by atoms with Gasteiger partial charge in [0.2, 0.25) is 17.7 Å². The van der Waals surface area contributed by atoms with Crippen LogP contribution in [0.4, 0.5) is 0 Å². The van der Waals surface area contributed by atoms with Crippen LogP contribution in [0.15, 0.2) is 55.6 Å². The minimum atomic E-state index is -0.760. The number of carbonyl (C=O) groups is 3. The summed E-state index contributed by atoms with van der Waals surface area (Å²) in [5.41, 5.74) is 0.993. The van der Waals surface area contributed by atoms with Gasteiger partial charge in [-0.2, -0.15) is 0 Å². The average molecular weight is 554 g/mol. The van der Waals surface area contributed by atoms with E-state index in [1.165, 1.54) is 0 Å². The predicted molar refractivity (Wildman–Crippen MR) is 156 cm³/mol. The average Bonchev–Trinajstić information content (AvgIpc) is 3.47. The maximum absolute atomic E-state index is 14.6. The van der Waals surface area contributed by atoms with Crippen molar-refractivity contribution in [3.8, 4) is 0 Å². The molecule has 7 nitrogen and oxygen atoms in total. The molecule has 3 fully saturated rings. The first-order valence-electron chi connectivity index (χ1n) is 14.0. The van der Waals surface area contributed by atoms with Crippen molar-refractivity contribution < 1.29 is 19.5 Å². The van der Waals surface area contributed by atoms with Gasteiger partial charge in [0.05, 0.1) is 29.2 Å². The Bertz CT molecular complexity index is 1110. The van der Waals surface area contributed by atoms with Crippen molar-refractivity contribution in [2.24, 2.45) is 17.8 Å². The molecule has 1 spiro atoms. The topological polar surface area (TPSA) is 81.2 Å². The first kappa shape index (κ1) is 29.4. The molecule has 3 saturated heterocycles. The van der Waals surface area contributed by atoms with Crippen molar-refractivity contribution in [2.75, 3.05) is 26.7 Å². The zero-order chi connectivity index (χ0) is 28.5. The van der Waals surface area contributed by atoms with Gasteiger partial charge in [-0.1, -0.05) is 56.3 Å². The molecule has 1 N–H and O–H groups in total. The van der Waals surface area contributed by atoms with Crippen molar-refractivity contribution >= 4 is 29.5 Å². The van der Waals surface area contributed by atoms with Crippen LogP contribution in [0.3, 0.4) is 0 Å². The van der Waals surface area contributed by atoms with E-state index in [0.717, 1.165) is 12.0 Å². The number of hydrogen-bond donors (Lipinski definition) is 1. The van der Waals surface area contributed by atoms with Crippen molar-refractivity contribution in [3.63, 3.8) is 0 Å². The number of rotatable bonds is 12. The lowest BCUT2D eigenvalue weighted by atomic mass is 9.66. The molecule has 2 bridgehead atoms. The minimum Gasteiger partial charge on any atom is -0.394 e. The number of likely N-dealkylation sites (N-methyl/N-ethyl adjacent to an activating group) is 1. The lowest BCUT2D eigenvalue weighted by molar-refractivity contribution is -0.147. The standard InChI is InChI=1S/C31H43N3O4S/c1-7-16-32(6)27(36)24-25-28(37)34(23(20-35)18-21(3)4)26(31(25)15-14-30(24,5)39-31)29(38)33(17-8-2)19-22-12-10-9-11-13-22/h7-13,21,23-26,35H,1-2,14-20H2,3-6H3/t23-,24-,25+,26?,30+,31?/m1/s1. The Morgan fingerprint density at radius 1 is 1.15 bits per heavy atom. The van der Waals surface area contributed by atoms with Gasteiger partial charge in [-0.25, -0.2) is 0 Å². The summed E-state index contributed by atoms with van der Waals surface area (Å²) < 4.78 is -1.16. The zero-order valence-corrected chi connectivity index (χ0v) is 24.5. The summed E-state index contributed by atoms with van der Waals surface area (Å²) in [6, 6.07) is 8.54. The monoisotopic (exact) mass is 553 g/mol.